The van der Waals surface area contributed by atoms with Gasteiger partial charge in [0.1, 0.15) is 0 Å². The Bertz CT molecular complexity index is 1140. The zero-order valence-corrected chi connectivity index (χ0v) is 26.5. The Kier molecular flexibility index (Phi) is 15.6. The second-order valence-electron chi connectivity index (χ2n) is 11.6. The molecular weight excluding hydrogens is 496 g/mol. The number of anilines is 1. The van der Waals surface area contributed by atoms with Crippen LogP contribution in [-0.2, 0) is 6.54 Å². The van der Waals surface area contributed by atoms with Crippen molar-refractivity contribution >= 4 is 16.6 Å². The van der Waals surface area contributed by atoms with Gasteiger partial charge in [-0.25, -0.2) is 0 Å². The molecule has 2 rings (SSSR count). The van der Waals surface area contributed by atoms with Gasteiger partial charge >= 0.3 is 0 Å². The maximum atomic E-state index is 13.9. The van der Waals surface area contributed by atoms with Crippen LogP contribution in [0.25, 0.3) is 10.9 Å². The minimum atomic E-state index is -0.0830. The van der Waals surface area contributed by atoms with E-state index in [0.717, 1.165) is 74.5 Å². The van der Waals surface area contributed by atoms with Crippen LogP contribution in [-0.4, -0.2) is 24.3 Å². The highest BCUT2D eigenvalue weighted by Crippen LogP contribution is 2.35. The predicted octanol–water partition coefficient (Wildman–Crippen LogP) is 9.68. The summed E-state index contributed by atoms with van der Waals surface area (Å²) in [4.78, 5) is 13.9. The number of nitrogens with one attached hydrogen (secondary N) is 1. The molecule has 0 saturated carbocycles. The third-order valence-corrected chi connectivity index (χ3v) is 7.30. The quantitative estimate of drug-likeness (QED) is 0.131. The summed E-state index contributed by atoms with van der Waals surface area (Å²) in [5.74, 6) is 1.36. The number of aryl methyl sites for hydroxylation is 1. The average molecular weight is 553 g/mol. The molecule has 1 aromatic heterocycles. The van der Waals surface area contributed by atoms with E-state index in [9.17, 15) is 4.79 Å². The molecule has 0 saturated heterocycles. The molecular formula is C35H56N2O3. The zero-order valence-electron chi connectivity index (χ0n) is 26.5. The summed E-state index contributed by atoms with van der Waals surface area (Å²) in [6.07, 6.45) is 15.3. The summed E-state index contributed by atoms with van der Waals surface area (Å²) in [6, 6.07) is 6.29. The summed E-state index contributed by atoms with van der Waals surface area (Å²) in [5, 5.41) is 4.49. The van der Waals surface area contributed by atoms with E-state index in [-0.39, 0.29) is 5.56 Å². The first-order valence-electron chi connectivity index (χ1n) is 15.8. The molecule has 0 aliphatic heterocycles. The largest absolute Gasteiger partial charge is 0.489 e. The molecule has 0 spiro atoms. The van der Waals surface area contributed by atoms with Crippen molar-refractivity contribution in [2.75, 3.05) is 25.1 Å². The van der Waals surface area contributed by atoms with Gasteiger partial charge in [-0.05, 0) is 77.0 Å². The number of aromatic nitrogens is 1. The van der Waals surface area contributed by atoms with Gasteiger partial charge in [0.15, 0.2) is 5.75 Å². The maximum absolute atomic E-state index is 13.9. The number of fused-ring (bicyclic) bond motifs is 1. The predicted molar refractivity (Wildman–Crippen MR) is 173 cm³/mol. The van der Waals surface area contributed by atoms with Crippen LogP contribution in [0.2, 0.25) is 0 Å². The Hall–Kier alpha value is -2.69. The molecule has 0 amide bonds. The molecule has 1 aromatic carbocycles. The summed E-state index contributed by atoms with van der Waals surface area (Å²) in [7, 11) is 0. The fraction of sp³-hybridized carbons (Fsp3) is 0.629. The number of unbranched alkanes of at least 4 members (excludes halogenated alkanes) is 4. The number of nitrogens with zero attached hydrogens (tertiary/aromatic N) is 1. The van der Waals surface area contributed by atoms with Crippen LogP contribution in [0.1, 0.15) is 113 Å². The molecule has 1 heterocycles. The van der Waals surface area contributed by atoms with E-state index < -0.39 is 0 Å². The van der Waals surface area contributed by atoms with Crippen molar-refractivity contribution in [3.8, 4) is 11.5 Å². The Morgan fingerprint density at radius 2 is 1.73 bits per heavy atom. The van der Waals surface area contributed by atoms with Gasteiger partial charge in [0.05, 0.1) is 18.7 Å². The number of ether oxygens (including phenoxy) is 2. The fourth-order valence-corrected chi connectivity index (χ4v) is 4.86. The molecule has 224 valence electrons. The van der Waals surface area contributed by atoms with E-state index >= 15 is 0 Å². The first-order valence-corrected chi connectivity index (χ1v) is 15.8. The highest BCUT2D eigenvalue weighted by atomic mass is 16.5. The van der Waals surface area contributed by atoms with Crippen LogP contribution < -0.4 is 20.3 Å². The maximum Gasteiger partial charge on any atom is 0.297 e. The van der Waals surface area contributed by atoms with Gasteiger partial charge in [-0.1, -0.05) is 83.1 Å². The van der Waals surface area contributed by atoms with Gasteiger partial charge in [-0.15, -0.1) is 0 Å². The van der Waals surface area contributed by atoms with Crippen LogP contribution in [0.3, 0.4) is 0 Å². The van der Waals surface area contributed by atoms with Crippen LogP contribution in [0.4, 0.5) is 5.69 Å². The van der Waals surface area contributed by atoms with Crippen molar-refractivity contribution in [1.29, 1.82) is 0 Å². The van der Waals surface area contributed by atoms with Crippen molar-refractivity contribution < 1.29 is 9.47 Å². The van der Waals surface area contributed by atoms with Gasteiger partial charge in [0, 0.05) is 24.2 Å². The molecule has 0 radical (unpaired) electrons. The van der Waals surface area contributed by atoms with E-state index in [2.05, 4.69) is 84.1 Å². The SMILES string of the molecule is CCCCCCOc1c(OCC(C)CCC)c(=O)n(CCCC)c2cc(NCC=C(C)CCC=C(C)C)ccc12. The Balaban J connectivity index is 2.42. The molecule has 0 fully saturated rings. The monoisotopic (exact) mass is 552 g/mol. The lowest BCUT2D eigenvalue weighted by Gasteiger charge is -2.20. The molecule has 2 aromatic rings. The first-order chi connectivity index (χ1) is 19.3. The van der Waals surface area contributed by atoms with Crippen LogP contribution in [0, 0.1) is 5.92 Å². The van der Waals surface area contributed by atoms with Crippen molar-refractivity contribution in [3.63, 3.8) is 0 Å². The fourth-order valence-electron chi connectivity index (χ4n) is 4.86. The number of rotatable bonds is 20. The minimum absolute atomic E-state index is 0.0830. The Morgan fingerprint density at radius 3 is 2.42 bits per heavy atom. The number of hydrogen-bond acceptors (Lipinski definition) is 4. The molecule has 5 nitrogen and oxygen atoms in total. The smallest absolute Gasteiger partial charge is 0.297 e. The molecule has 5 heteroatoms. The number of hydrogen-bond donors (Lipinski definition) is 1. The molecule has 1 atom stereocenters. The zero-order chi connectivity index (χ0) is 29.3. The molecule has 1 unspecified atom stereocenters. The van der Waals surface area contributed by atoms with E-state index in [0.29, 0.717) is 37.2 Å². The van der Waals surface area contributed by atoms with Crippen molar-refractivity contribution in [2.45, 2.75) is 119 Å². The summed E-state index contributed by atoms with van der Waals surface area (Å²) < 4.78 is 14.5. The normalized spacial score (nSPS) is 12.4. The highest BCUT2D eigenvalue weighted by molar-refractivity contribution is 5.90. The number of pyridine rings is 1. The summed E-state index contributed by atoms with van der Waals surface area (Å²) in [5.41, 5.74) is 4.57. The lowest BCUT2D eigenvalue weighted by Crippen LogP contribution is -2.25. The van der Waals surface area contributed by atoms with Crippen LogP contribution in [0.5, 0.6) is 11.5 Å². The molecule has 0 aliphatic carbocycles. The van der Waals surface area contributed by atoms with E-state index in [4.69, 9.17) is 9.47 Å². The van der Waals surface area contributed by atoms with Crippen LogP contribution >= 0.6 is 0 Å². The van der Waals surface area contributed by atoms with Crippen molar-refractivity contribution in [3.05, 3.63) is 51.9 Å². The highest BCUT2D eigenvalue weighted by Gasteiger charge is 2.21. The third kappa shape index (κ3) is 11.1. The summed E-state index contributed by atoms with van der Waals surface area (Å²) in [6.45, 7) is 17.7. The Morgan fingerprint density at radius 1 is 0.950 bits per heavy atom. The summed E-state index contributed by atoms with van der Waals surface area (Å²) >= 11 is 0. The number of benzene rings is 1. The molecule has 0 aliphatic rings. The van der Waals surface area contributed by atoms with Crippen molar-refractivity contribution in [1.82, 2.24) is 4.57 Å². The minimum Gasteiger partial charge on any atom is -0.489 e. The number of allylic oxidation sites excluding steroid dienone is 3. The second-order valence-corrected chi connectivity index (χ2v) is 11.6. The van der Waals surface area contributed by atoms with Gasteiger partial charge in [0.25, 0.3) is 5.56 Å². The van der Waals surface area contributed by atoms with E-state index in [1.165, 1.54) is 24.0 Å². The van der Waals surface area contributed by atoms with Gasteiger partial charge in [-0.3, -0.25) is 4.79 Å². The Labute approximate surface area is 244 Å². The average Bonchev–Trinajstić information content (AvgIpc) is 2.92. The van der Waals surface area contributed by atoms with Gasteiger partial charge in [0.2, 0.25) is 5.75 Å². The second kappa shape index (κ2) is 18.6. The first kappa shape index (κ1) is 33.5. The van der Waals surface area contributed by atoms with E-state index in [1.54, 1.807) is 0 Å². The molecule has 40 heavy (non-hydrogen) atoms. The lowest BCUT2D eigenvalue weighted by molar-refractivity contribution is 0.226. The molecule has 0 bridgehead atoms. The molecule has 1 N–H and O–H groups in total. The van der Waals surface area contributed by atoms with Crippen molar-refractivity contribution in [2.24, 2.45) is 5.92 Å². The third-order valence-electron chi connectivity index (χ3n) is 7.30. The van der Waals surface area contributed by atoms with Gasteiger partial charge in [-0.2, -0.15) is 0 Å². The van der Waals surface area contributed by atoms with Gasteiger partial charge < -0.3 is 19.4 Å². The lowest BCUT2D eigenvalue weighted by atomic mass is 10.1. The standard InChI is InChI=1S/C35H56N2O3/c1-8-11-13-14-24-39-33-31-20-19-30(36-22-21-28(6)18-15-17-27(4)5)25-32(31)37(23-12-9-2)35(38)34(33)40-26-29(7)16-10-3/h17,19-21,25,29,36H,8-16,18,22-24,26H2,1-7H3. The topological polar surface area (TPSA) is 52.5 Å². The van der Waals surface area contributed by atoms with E-state index in [1.807, 2.05) is 4.57 Å². The van der Waals surface area contributed by atoms with Crippen LogP contribution in [0.15, 0.2) is 46.3 Å².